The Hall–Kier alpha value is -1.79. The summed E-state index contributed by atoms with van der Waals surface area (Å²) in [5.74, 6) is 0.234. The van der Waals surface area contributed by atoms with Gasteiger partial charge in [-0.3, -0.25) is 4.79 Å². The fourth-order valence-electron chi connectivity index (χ4n) is 2.16. The summed E-state index contributed by atoms with van der Waals surface area (Å²) in [6.07, 6.45) is -0.180. The highest BCUT2D eigenvalue weighted by Gasteiger charge is 2.28. The molecule has 1 aromatic carbocycles. The summed E-state index contributed by atoms with van der Waals surface area (Å²) < 4.78 is 10.6. The molecule has 1 aromatic rings. The van der Waals surface area contributed by atoms with Crippen molar-refractivity contribution in [1.82, 2.24) is 4.90 Å². The van der Waals surface area contributed by atoms with Gasteiger partial charge >= 0.3 is 0 Å². The summed E-state index contributed by atoms with van der Waals surface area (Å²) in [5.41, 5.74) is 6.04. The van der Waals surface area contributed by atoms with E-state index in [0.717, 1.165) is 0 Å². The number of phenols is 1. The van der Waals surface area contributed by atoms with Crippen molar-refractivity contribution in [3.8, 4) is 11.5 Å². The van der Waals surface area contributed by atoms with Crippen LogP contribution in [0, 0.1) is 0 Å². The van der Waals surface area contributed by atoms with Gasteiger partial charge < -0.3 is 25.2 Å². The Morgan fingerprint density at radius 2 is 2.35 bits per heavy atom. The van der Waals surface area contributed by atoms with Crippen molar-refractivity contribution in [2.45, 2.75) is 19.1 Å². The molecule has 0 radical (unpaired) electrons. The lowest BCUT2D eigenvalue weighted by atomic mass is 10.1. The number of morpholine rings is 1. The number of hydrogen-bond acceptors (Lipinski definition) is 5. The SMILES string of the molecule is COc1ccc(O)c(C(=O)N2CCOC(C(C)N)C2)c1. The van der Waals surface area contributed by atoms with Gasteiger partial charge in [0.05, 0.1) is 25.4 Å². The Balaban J connectivity index is 2.18. The van der Waals surface area contributed by atoms with Crippen molar-refractivity contribution >= 4 is 5.91 Å². The van der Waals surface area contributed by atoms with Crippen LogP contribution in [0.5, 0.6) is 11.5 Å². The van der Waals surface area contributed by atoms with Crippen molar-refractivity contribution in [3.63, 3.8) is 0 Å². The molecule has 3 N–H and O–H groups in total. The minimum Gasteiger partial charge on any atom is -0.507 e. The van der Waals surface area contributed by atoms with Crippen molar-refractivity contribution in [3.05, 3.63) is 23.8 Å². The first kappa shape index (κ1) is 14.6. The lowest BCUT2D eigenvalue weighted by Crippen LogP contribution is -2.51. The molecule has 0 bridgehead atoms. The van der Waals surface area contributed by atoms with Gasteiger partial charge in [-0.05, 0) is 25.1 Å². The second-order valence-corrected chi connectivity index (χ2v) is 4.90. The zero-order chi connectivity index (χ0) is 14.7. The van der Waals surface area contributed by atoms with Crippen LogP contribution in [0.3, 0.4) is 0 Å². The molecule has 20 heavy (non-hydrogen) atoms. The quantitative estimate of drug-likeness (QED) is 0.846. The van der Waals surface area contributed by atoms with Gasteiger partial charge in [0, 0.05) is 19.1 Å². The molecule has 6 heteroatoms. The molecule has 2 atom stereocenters. The molecule has 1 aliphatic heterocycles. The third-order valence-electron chi connectivity index (χ3n) is 3.40. The molecule has 1 fully saturated rings. The van der Waals surface area contributed by atoms with Gasteiger partial charge in [-0.25, -0.2) is 0 Å². The molecule has 1 heterocycles. The van der Waals surface area contributed by atoms with E-state index in [4.69, 9.17) is 15.2 Å². The second-order valence-electron chi connectivity index (χ2n) is 4.90. The van der Waals surface area contributed by atoms with Gasteiger partial charge in [0.1, 0.15) is 11.5 Å². The summed E-state index contributed by atoms with van der Waals surface area (Å²) in [5, 5.41) is 9.85. The first-order chi connectivity index (χ1) is 9.52. The molecular formula is C14H20N2O4. The molecule has 0 aromatic heterocycles. The average Bonchev–Trinajstić information content (AvgIpc) is 2.47. The van der Waals surface area contributed by atoms with Gasteiger partial charge in [-0.15, -0.1) is 0 Å². The van der Waals surface area contributed by atoms with Crippen LogP contribution >= 0.6 is 0 Å². The van der Waals surface area contributed by atoms with E-state index < -0.39 is 0 Å². The third kappa shape index (κ3) is 3.02. The van der Waals surface area contributed by atoms with Crippen LogP contribution < -0.4 is 10.5 Å². The molecule has 1 saturated heterocycles. The van der Waals surface area contributed by atoms with Crippen LogP contribution in [-0.4, -0.2) is 54.9 Å². The number of aromatic hydroxyl groups is 1. The van der Waals surface area contributed by atoms with Crippen LogP contribution in [0.1, 0.15) is 17.3 Å². The van der Waals surface area contributed by atoms with E-state index in [2.05, 4.69) is 0 Å². The minimum absolute atomic E-state index is 0.0559. The van der Waals surface area contributed by atoms with Gasteiger partial charge in [0.15, 0.2) is 0 Å². The number of carbonyl (C=O) groups excluding carboxylic acids is 1. The standard InChI is InChI=1S/C14H20N2O4/c1-9(15)13-8-16(5-6-20-13)14(18)11-7-10(19-2)3-4-12(11)17/h3-4,7,9,13,17H,5-6,8,15H2,1-2H3. The van der Waals surface area contributed by atoms with E-state index in [1.807, 2.05) is 6.92 Å². The number of carbonyl (C=O) groups is 1. The van der Waals surface area contributed by atoms with Crippen LogP contribution in [0.25, 0.3) is 0 Å². The van der Waals surface area contributed by atoms with E-state index in [-0.39, 0.29) is 29.4 Å². The fourth-order valence-corrected chi connectivity index (χ4v) is 2.16. The van der Waals surface area contributed by atoms with Crippen molar-refractivity contribution in [2.75, 3.05) is 26.8 Å². The highest BCUT2D eigenvalue weighted by atomic mass is 16.5. The molecule has 2 rings (SSSR count). The maximum atomic E-state index is 12.5. The number of ether oxygens (including phenoxy) is 2. The maximum Gasteiger partial charge on any atom is 0.257 e. The lowest BCUT2D eigenvalue weighted by Gasteiger charge is -2.34. The Bertz CT molecular complexity index is 490. The largest absolute Gasteiger partial charge is 0.507 e. The van der Waals surface area contributed by atoms with E-state index in [0.29, 0.717) is 25.4 Å². The van der Waals surface area contributed by atoms with E-state index in [1.165, 1.54) is 19.2 Å². The topological polar surface area (TPSA) is 85.0 Å². The van der Waals surface area contributed by atoms with E-state index in [1.54, 1.807) is 11.0 Å². The molecular weight excluding hydrogens is 260 g/mol. The number of amides is 1. The lowest BCUT2D eigenvalue weighted by molar-refractivity contribution is -0.0300. The van der Waals surface area contributed by atoms with Crippen molar-refractivity contribution in [1.29, 1.82) is 0 Å². The summed E-state index contributed by atoms with van der Waals surface area (Å²) >= 11 is 0. The molecule has 1 aliphatic rings. The Morgan fingerprint density at radius 1 is 1.60 bits per heavy atom. The van der Waals surface area contributed by atoms with Crippen LogP contribution in [0.4, 0.5) is 0 Å². The number of methoxy groups -OCH3 is 1. The monoisotopic (exact) mass is 280 g/mol. The van der Waals surface area contributed by atoms with Gasteiger partial charge in [-0.2, -0.15) is 0 Å². The highest BCUT2D eigenvalue weighted by molar-refractivity contribution is 5.97. The van der Waals surface area contributed by atoms with Gasteiger partial charge in [0.25, 0.3) is 5.91 Å². The summed E-state index contributed by atoms with van der Waals surface area (Å²) in [6.45, 7) is 3.20. The summed E-state index contributed by atoms with van der Waals surface area (Å²) in [6, 6.07) is 4.45. The molecule has 6 nitrogen and oxygen atoms in total. The zero-order valence-electron chi connectivity index (χ0n) is 11.7. The Labute approximate surface area is 118 Å². The zero-order valence-corrected chi connectivity index (χ0v) is 11.7. The van der Waals surface area contributed by atoms with Crippen LogP contribution in [0.15, 0.2) is 18.2 Å². The highest BCUT2D eigenvalue weighted by Crippen LogP contribution is 2.25. The number of phenolic OH excluding ortho intramolecular Hbond substituents is 1. The predicted molar refractivity (Wildman–Crippen MR) is 74.0 cm³/mol. The van der Waals surface area contributed by atoms with Gasteiger partial charge in [0.2, 0.25) is 0 Å². The number of nitrogens with zero attached hydrogens (tertiary/aromatic N) is 1. The predicted octanol–water partition coefficient (Wildman–Crippen LogP) is 0.589. The van der Waals surface area contributed by atoms with Gasteiger partial charge in [-0.1, -0.05) is 0 Å². The number of benzene rings is 1. The average molecular weight is 280 g/mol. The third-order valence-corrected chi connectivity index (χ3v) is 3.40. The molecule has 1 amide bonds. The molecule has 0 aliphatic carbocycles. The molecule has 2 unspecified atom stereocenters. The summed E-state index contributed by atoms with van der Waals surface area (Å²) in [7, 11) is 1.52. The van der Waals surface area contributed by atoms with E-state index in [9.17, 15) is 9.90 Å². The number of hydrogen-bond donors (Lipinski definition) is 2. The normalized spacial score (nSPS) is 20.6. The maximum absolute atomic E-state index is 12.5. The fraction of sp³-hybridized carbons (Fsp3) is 0.500. The minimum atomic E-state index is -0.240. The van der Waals surface area contributed by atoms with Crippen LogP contribution in [-0.2, 0) is 4.74 Å². The Kier molecular flexibility index (Phi) is 4.46. The molecule has 110 valence electrons. The first-order valence-corrected chi connectivity index (χ1v) is 6.56. The first-order valence-electron chi connectivity index (χ1n) is 6.56. The Morgan fingerprint density at radius 3 is 3.00 bits per heavy atom. The summed E-state index contributed by atoms with van der Waals surface area (Å²) in [4.78, 5) is 14.1. The molecule has 0 spiro atoms. The van der Waals surface area contributed by atoms with Crippen molar-refractivity contribution < 1.29 is 19.4 Å². The van der Waals surface area contributed by atoms with Crippen molar-refractivity contribution in [2.24, 2.45) is 5.73 Å². The number of nitrogens with two attached hydrogens (primary N) is 1. The molecule has 0 saturated carbocycles. The smallest absolute Gasteiger partial charge is 0.257 e. The second kappa shape index (κ2) is 6.11. The number of rotatable bonds is 3. The van der Waals surface area contributed by atoms with E-state index >= 15 is 0 Å². The van der Waals surface area contributed by atoms with Crippen LogP contribution in [0.2, 0.25) is 0 Å².